The number of carbonyl (C=O) groups is 3. The molecule has 0 amide bonds. The highest BCUT2D eigenvalue weighted by atomic mass is 16.7. The van der Waals surface area contributed by atoms with Crippen molar-refractivity contribution in [3.63, 3.8) is 0 Å². The van der Waals surface area contributed by atoms with Crippen LogP contribution in [0.5, 0.6) is 17.2 Å². The predicted molar refractivity (Wildman–Crippen MR) is 152 cm³/mol. The number of methoxy groups -OCH3 is 6. The van der Waals surface area contributed by atoms with Crippen LogP contribution in [0.4, 0.5) is 0 Å². The third kappa shape index (κ3) is 6.23. The van der Waals surface area contributed by atoms with Crippen LogP contribution in [-0.2, 0) is 27.9 Å². The zero-order chi connectivity index (χ0) is 30.4. The van der Waals surface area contributed by atoms with Gasteiger partial charge in [-0.25, -0.2) is 14.4 Å². The van der Waals surface area contributed by atoms with Crippen LogP contribution < -0.4 is 30.6 Å². The fourth-order valence-corrected chi connectivity index (χ4v) is 4.30. The van der Waals surface area contributed by atoms with Crippen molar-refractivity contribution in [3.05, 3.63) is 71.3 Å². The summed E-state index contributed by atoms with van der Waals surface area (Å²) in [7, 11) is 5.03. The third-order valence-corrected chi connectivity index (χ3v) is 6.45. The topological polar surface area (TPSA) is 134 Å². The molecule has 1 aliphatic rings. The van der Waals surface area contributed by atoms with Gasteiger partial charge in [-0.15, -0.1) is 0 Å². The number of esters is 3. The van der Waals surface area contributed by atoms with Crippen LogP contribution in [0.3, 0.4) is 0 Å². The molecule has 4 rings (SSSR count). The van der Waals surface area contributed by atoms with Gasteiger partial charge in [0.25, 0.3) is 0 Å². The summed E-state index contributed by atoms with van der Waals surface area (Å²) >= 11 is 0. The Morgan fingerprint density at radius 1 is 0.476 bits per heavy atom. The smallest absolute Gasteiger partial charge is 0.467 e. The van der Waals surface area contributed by atoms with Crippen molar-refractivity contribution in [2.24, 2.45) is 0 Å². The lowest BCUT2D eigenvalue weighted by atomic mass is 9.61. The van der Waals surface area contributed by atoms with Gasteiger partial charge in [0.1, 0.15) is 33.9 Å². The summed E-state index contributed by atoms with van der Waals surface area (Å²) in [5.74, 6) is -0.964. The molecule has 1 saturated heterocycles. The van der Waals surface area contributed by atoms with Crippen LogP contribution in [0.15, 0.2) is 54.6 Å². The van der Waals surface area contributed by atoms with Crippen LogP contribution in [0.25, 0.3) is 0 Å². The first-order chi connectivity index (χ1) is 20.3. The molecule has 1 aliphatic heterocycles. The molecule has 3 aromatic carbocycles. The normalized spacial score (nSPS) is 12.9. The Bertz CT molecular complexity index is 1300. The van der Waals surface area contributed by atoms with Crippen LogP contribution in [0.1, 0.15) is 31.1 Å². The second-order valence-electron chi connectivity index (χ2n) is 8.76. The fourth-order valence-electron chi connectivity index (χ4n) is 4.30. The van der Waals surface area contributed by atoms with Crippen LogP contribution in [0, 0.1) is 0 Å². The molecular formula is C27H27B3O12. The molecule has 0 spiro atoms. The van der Waals surface area contributed by atoms with E-state index in [1.54, 1.807) is 36.4 Å². The van der Waals surface area contributed by atoms with E-state index in [0.29, 0.717) is 16.4 Å². The molecule has 0 aromatic heterocycles. The molecule has 216 valence electrons. The van der Waals surface area contributed by atoms with E-state index in [-0.39, 0.29) is 33.9 Å². The molecule has 0 saturated carbocycles. The summed E-state index contributed by atoms with van der Waals surface area (Å²) in [6.07, 6.45) is 0. The second-order valence-corrected chi connectivity index (χ2v) is 8.76. The van der Waals surface area contributed by atoms with Crippen molar-refractivity contribution in [1.29, 1.82) is 0 Å². The second kappa shape index (κ2) is 13.5. The summed E-state index contributed by atoms with van der Waals surface area (Å²) < 4.78 is 49.4. The highest BCUT2D eigenvalue weighted by Crippen LogP contribution is 2.23. The molecule has 0 bridgehead atoms. The van der Waals surface area contributed by atoms with Gasteiger partial charge in [-0.1, -0.05) is 18.2 Å². The monoisotopic (exact) mass is 576 g/mol. The maximum Gasteiger partial charge on any atom is 0.467 e. The van der Waals surface area contributed by atoms with Gasteiger partial charge in [-0.05, 0) is 52.8 Å². The number of hydrogen-bond donors (Lipinski definition) is 0. The van der Waals surface area contributed by atoms with E-state index in [0.717, 1.165) is 0 Å². The first-order valence-corrected chi connectivity index (χ1v) is 12.5. The molecule has 0 aliphatic carbocycles. The Morgan fingerprint density at radius 2 is 0.738 bits per heavy atom. The summed E-state index contributed by atoms with van der Waals surface area (Å²) in [4.78, 5) is 36.6. The van der Waals surface area contributed by atoms with Crippen molar-refractivity contribution in [1.82, 2.24) is 0 Å². The zero-order valence-electron chi connectivity index (χ0n) is 23.8. The lowest BCUT2D eigenvalue weighted by Crippen LogP contribution is -2.61. The minimum atomic E-state index is -1.02. The standard InChI is InChI=1S/C27H27B3O12/c1-34-22-13-16(7-10-19(22)25(31)37-4)28-40-29(17-8-11-20(26(32)38-5)23(14-17)35-2)42-30(41-28)18-9-12-21(27(33)39-6)24(15-18)36-3/h7-15H,1-6H3. The first-order valence-electron chi connectivity index (χ1n) is 12.5. The summed E-state index contributed by atoms with van der Waals surface area (Å²) in [6, 6.07) is 14.3. The van der Waals surface area contributed by atoms with Crippen molar-refractivity contribution < 1.29 is 56.5 Å². The van der Waals surface area contributed by atoms with Gasteiger partial charge in [-0.2, -0.15) is 0 Å². The minimum absolute atomic E-state index is 0.218. The summed E-state index contributed by atoms with van der Waals surface area (Å²) in [5, 5.41) is 0. The quantitative estimate of drug-likeness (QED) is 0.201. The van der Waals surface area contributed by atoms with E-state index in [4.69, 9.17) is 42.1 Å². The average molecular weight is 576 g/mol. The van der Waals surface area contributed by atoms with Gasteiger partial charge in [0.2, 0.25) is 0 Å². The molecule has 12 nitrogen and oxygen atoms in total. The van der Waals surface area contributed by atoms with E-state index in [2.05, 4.69) is 0 Å². The maximum absolute atomic E-state index is 12.2. The number of carbonyl (C=O) groups excluding carboxylic acids is 3. The van der Waals surface area contributed by atoms with E-state index in [1.165, 1.54) is 60.9 Å². The highest BCUT2D eigenvalue weighted by Gasteiger charge is 2.44. The van der Waals surface area contributed by atoms with Crippen LogP contribution in [-0.4, -0.2) is 81.9 Å². The Labute approximate surface area is 243 Å². The minimum Gasteiger partial charge on any atom is -0.496 e. The molecule has 0 atom stereocenters. The van der Waals surface area contributed by atoms with Crippen molar-refractivity contribution in [3.8, 4) is 17.2 Å². The summed E-state index contributed by atoms with van der Waals surface area (Å²) in [6.45, 7) is 0. The number of hydrogen-bond acceptors (Lipinski definition) is 12. The number of rotatable bonds is 9. The Hall–Kier alpha value is -4.46. The predicted octanol–water partition coefficient (Wildman–Crippen LogP) is 0.622. The van der Waals surface area contributed by atoms with Crippen molar-refractivity contribution in [2.75, 3.05) is 42.7 Å². The zero-order valence-corrected chi connectivity index (χ0v) is 23.8. The SMILES string of the molecule is COC(=O)c1ccc(B2OB(c3ccc(C(=O)OC)c(OC)c3)OB(c3ccc(C(=O)OC)c(OC)c3)O2)cc1OC. The lowest BCUT2D eigenvalue weighted by Gasteiger charge is -2.32. The molecule has 1 fully saturated rings. The van der Waals surface area contributed by atoms with Crippen molar-refractivity contribution in [2.45, 2.75) is 0 Å². The summed E-state index contributed by atoms with van der Waals surface area (Å²) in [5.41, 5.74) is 2.18. The molecule has 3 aromatic rings. The van der Waals surface area contributed by atoms with Gasteiger partial charge in [-0.3, -0.25) is 0 Å². The highest BCUT2D eigenvalue weighted by molar-refractivity contribution is 6.87. The van der Waals surface area contributed by atoms with E-state index >= 15 is 0 Å². The Balaban J connectivity index is 1.77. The third-order valence-electron chi connectivity index (χ3n) is 6.45. The molecular weight excluding hydrogens is 549 g/mol. The molecule has 15 heteroatoms. The number of benzene rings is 3. The van der Waals surface area contributed by atoms with Gasteiger partial charge in [0.15, 0.2) is 0 Å². The van der Waals surface area contributed by atoms with E-state index < -0.39 is 39.3 Å². The molecule has 0 unspecified atom stereocenters. The van der Waals surface area contributed by atoms with Gasteiger partial charge >= 0.3 is 39.3 Å². The van der Waals surface area contributed by atoms with Crippen LogP contribution in [0.2, 0.25) is 0 Å². The lowest BCUT2D eigenvalue weighted by molar-refractivity contribution is 0.0588. The fraction of sp³-hybridized carbons (Fsp3) is 0.222. The van der Waals surface area contributed by atoms with E-state index in [1.807, 2.05) is 0 Å². The molecule has 0 N–H and O–H groups in total. The molecule has 0 radical (unpaired) electrons. The number of ether oxygens (including phenoxy) is 6. The average Bonchev–Trinajstić information content (AvgIpc) is 3.05. The Kier molecular flexibility index (Phi) is 9.78. The maximum atomic E-state index is 12.2. The van der Waals surface area contributed by atoms with Crippen LogP contribution >= 0.6 is 0 Å². The largest absolute Gasteiger partial charge is 0.496 e. The Morgan fingerprint density at radius 3 is 0.952 bits per heavy atom. The van der Waals surface area contributed by atoms with Gasteiger partial charge < -0.3 is 42.1 Å². The molecule has 42 heavy (non-hydrogen) atoms. The van der Waals surface area contributed by atoms with Gasteiger partial charge in [0, 0.05) is 0 Å². The van der Waals surface area contributed by atoms with Crippen molar-refractivity contribution >= 4 is 55.7 Å². The van der Waals surface area contributed by atoms with Gasteiger partial charge in [0.05, 0.1) is 42.7 Å². The molecule has 1 heterocycles. The first kappa shape index (κ1) is 30.5. The van der Waals surface area contributed by atoms with E-state index in [9.17, 15) is 14.4 Å².